The van der Waals surface area contributed by atoms with E-state index in [0.29, 0.717) is 29.3 Å². The van der Waals surface area contributed by atoms with Crippen LogP contribution in [0.25, 0.3) is 21.2 Å². The Morgan fingerprint density at radius 2 is 2.10 bits per heavy atom. The molecule has 4 rings (SSSR count). The molecule has 2 aromatic carbocycles. The second-order valence-corrected chi connectivity index (χ2v) is 8.16. The lowest BCUT2D eigenvalue weighted by atomic mass is 10.2. The minimum absolute atomic E-state index is 0.185. The first-order valence-corrected chi connectivity index (χ1v) is 11.0. The third-order valence-electron chi connectivity index (χ3n) is 4.54. The summed E-state index contributed by atoms with van der Waals surface area (Å²) in [6.07, 6.45) is 2.04. The highest BCUT2D eigenvalue weighted by Gasteiger charge is 2.15. The molecule has 2 heterocycles. The van der Waals surface area contributed by atoms with E-state index in [1.807, 2.05) is 23.0 Å². The van der Waals surface area contributed by atoms with Gasteiger partial charge in [-0.1, -0.05) is 23.5 Å². The van der Waals surface area contributed by atoms with Crippen molar-refractivity contribution >= 4 is 50.2 Å². The average Bonchev–Trinajstić information content (AvgIpc) is 3.32. The van der Waals surface area contributed by atoms with Crippen molar-refractivity contribution in [2.75, 3.05) is 27.1 Å². The van der Waals surface area contributed by atoms with E-state index in [-0.39, 0.29) is 5.76 Å². The van der Waals surface area contributed by atoms with E-state index in [1.165, 1.54) is 16.2 Å². The Labute approximate surface area is 175 Å². The van der Waals surface area contributed by atoms with E-state index in [0.717, 1.165) is 15.6 Å². The highest BCUT2D eigenvalue weighted by atomic mass is 32.2. The van der Waals surface area contributed by atoms with E-state index in [2.05, 4.69) is 23.2 Å². The average molecular weight is 429 g/mol. The molecule has 2 aromatic heterocycles. The van der Waals surface area contributed by atoms with E-state index in [9.17, 15) is 4.79 Å². The first-order chi connectivity index (χ1) is 14.1. The smallest absolute Gasteiger partial charge is 0.315 e. The number of thioether (sulfide) groups is 1. The van der Waals surface area contributed by atoms with Crippen LogP contribution in [0.4, 0.5) is 0 Å². The number of carbonyl (C=O) groups excluding carboxylic acids is 1. The van der Waals surface area contributed by atoms with Crippen LogP contribution in [-0.2, 0) is 11.3 Å². The van der Waals surface area contributed by atoms with Gasteiger partial charge < -0.3 is 18.5 Å². The van der Waals surface area contributed by atoms with Crippen LogP contribution in [0, 0.1) is 0 Å². The van der Waals surface area contributed by atoms with Crippen LogP contribution in [0.1, 0.15) is 10.6 Å². The third kappa shape index (κ3) is 3.83. The molecule has 0 bridgehead atoms. The van der Waals surface area contributed by atoms with Crippen LogP contribution in [0.5, 0.6) is 5.75 Å². The molecule has 1 amide bonds. The number of hydrogen-bond acceptors (Lipinski definition) is 6. The van der Waals surface area contributed by atoms with Gasteiger partial charge in [0.05, 0.1) is 23.9 Å². The molecule has 8 heteroatoms. The van der Waals surface area contributed by atoms with Crippen LogP contribution in [0.15, 0.2) is 56.8 Å². The molecule has 6 nitrogen and oxygen atoms in total. The van der Waals surface area contributed by atoms with Crippen LogP contribution >= 0.6 is 23.1 Å². The summed E-state index contributed by atoms with van der Waals surface area (Å²) in [7, 11) is 3.23. The molecule has 0 fully saturated rings. The Hall–Kier alpha value is -2.55. The number of thiazole rings is 1. The van der Waals surface area contributed by atoms with Crippen LogP contribution in [-0.4, -0.2) is 37.6 Å². The lowest BCUT2D eigenvalue weighted by Crippen LogP contribution is -2.19. The Morgan fingerprint density at radius 3 is 2.86 bits per heavy atom. The third-order valence-corrected chi connectivity index (χ3v) is 6.31. The monoisotopic (exact) mass is 428 g/mol. The number of fused-ring (bicyclic) bond motifs is 2. The van der Waals surface area contributed by atoms with Gasteiger partial charge in [0.15, 0.2) is 21.9 Å². The number of hydrogen-bond donors (Lipinski definition) is 0. The quantitative estimate of drug-likeness (QED) is 0.421. The molecule has 150 valence electrons. The van der Waals surface area contributed by atoms with Crippen LogP contribution in [0.3, 0.4) is 0 Å². The fourth-order valence-corrected chi connectivity index (χ4v) is 4.72. The number of furan rings is 1. The molecule has 0 saturated heterocycles. The molecule has 0 unspecified atom stereocenters. The van der Waals surface area contributed by atoms with Crippen molar-refractivity contribution in [1.82, 2.24) is 4.57 Å². The summed E-state index contributed by atoms with van der Waals surface area (Å²) in [5.41, 5.74) is 1.57. The predicted molar refractivity (Wildman–Crippen MR) is 116 cm³/mol. The van der Waals surface area contributed by atoms with E-state index in [4.69, 9.17) is 13.9 Å². The van der Waals surface area contributed by atoms with E-state index in [1.54, 1.807) is 38.1 Å². The number of rotatable bonds is 6. The van der Waals surface area contributed by atoms with Crippen molar-refractivity contribution in [3.8, 4) is 5.75 Å². The summed E-state index contributed by atoms with van der Waals surface area (Å²) in [4.78, 5) is 19.0. The van der Waals surface area contributed by atoms with Gasteiger partial charge in [-0.3, -0.25) is 4.79 Å². The van der Waals surface area contributed by atoms with Crippen LogP contribution < -0.4 is 9.54 Å². The number of carbonyl (C=O) groups is 1. The maximum Gasteiger partial charge on any atom is 0.315 e. The molecular formula is C21H20N2O4S2. The molecule has 0 spiro atoms. The molecule has 0 radical (unpaired) electrons. The summed E-state index contributed by atoms with van der Waals surface area (Å²) < 4.78 is 19.4. The molecule has 4 aromatic rings. The summed E-state index contributed by atoms with van der Waals surface area (Å²) >= 11 is 3.16. The predicted octanol–water partition coefficient (Wildman–Crippen LogP) is 4.57. The zero-order chi connectivity index (χ0) is 20.4. The Kier molecular flexibility index (Phi) is 5.75. The number of ether oxygens (including phenoxy) is 2. The second-order valence-electron chi connectivity index (χ2n) is 6.27. The van der Waals surface area contributed by atoms with Crippen molar-refractivity contribution in [3.63, 3.8) is 0 Å². The van der Waals surface area contributed by atoms with Gasteiger partial charge in [0.2, 0.25) is 0 Å². The molecule has 0 saturated carbocycles. The fourth-order valence-electron chi connectivity index (χ4n) is 3.11. The minimum atomic E-state index is -0.425. The molecule has 0 aliphatic carbocycles. The molecular weight excluding hydrogens is 408 g/mol. The summed E-state index contributed by atoms with van der Waals surface area (Å²) in [5, 5.41) is 0.802. The van der Waals surface area contributed by atoms with Crippen molar-refractivity contribution in [3.05, 3.63) is 53.0 Å². The number of aromatic nitrogens is 1. The van der Waals surface area contributed by atoms with Gasteiger partial charge in [-0.05, 0) is 36.6 Å². The largest absolute Gasteiger partial charge is 0.493 e. The minimum Gasteiger partial charge on any atom is -0.493 e. The van der Waals surface area contributed by atoms with Crippen molar-refractivity contribution in [1.29, 1.82) is 0 Å². The molecule has 0 aliphatic heterocycles. The van der Waals surface area contributed by atoms with Gasteiger partial charge in [-0.15, -0.1) is 11.8 Å². The zero-order valence-corrected chi connectivity index (χ0v) is 17.9. The van der Waals surface area contributed by atoms with Gasteiger partial charge in [-0.2, -0.15) is 4.99 Å². The zero-order valence-electron chi connectivity index (χ0n) is 16.3. The Bertz CT molecular complexity index is 1250. The highest BCUT2D eigenvalue weighted by Crippen LogP contribution is 2.29. The normalized spacial score (nSPS) is 12.2. The molecule has 0 N–H and O–H groups in total. The van der Waals surface area contributed by atoms with Crippen molar-refractivity contribution < 1.29 is 18.7 Å². The number of para-hydroxylation sites is 1. The van der Waals surface area contributed by atoms with Gasteiger partial charge >= 0.3 is 5.91 Å². The topological polar surface area (TPSA) is 66.0 Å². The molecule has 29 heavy (non-hydrogen) atoms. The van der Waals surface area contributed by atoms with E-state index >= 15 is 0 Å². The lowest BCUT2D eigenvalue weighted by molar-refractivity contribution is 0.0973. The summed E-state index contributed by atoms with van der Waals surface area (Å²) in [6, 6.07) is 13.5. The van der Waals surface area contributed by atoms with Crippen molar-refractivity contribution in [2.45, 2.75) is 11.4 Å². The standard InChI is InChI=1S/C21H20N2O4S2/c1-25-10-9-23-15-8-7-14(28-3)12-18(15)29-21(23)22-20(24)17-11-13-5-4-6-16(26-2)19(13)27-17/h4-8,11-12H,9-10H2,1-3H3. The summed E-state index contributed by atoms with van der Waals surface area (Å²) in [6.45, 7) is 1.13. The maximum absolute atomic E-state index is 12.9. The van der Waals surface area contributed by atoms with Gasteiger partial charge in [-0.25, -0.2) is 0 Å². The van der Waals surface area contributed by atoms with Gasteiger partial charge in [0, 0.05) is 23.9 Å². The number of methoxy groups -OCH3 is 2. The van der Waals surface area contributed by atoms with E-state index < -0.39 is 5.91 Å². The SMILES string of the molecule is COCCn1c(=NC(=O)c2cc3cccc(OC)c3o2)sc2cc(SC)ccc21. The molecule has 0 aliphatic rings. The Morgan fingerprint density at radius 1 is 1.24 bits per heavy atom. The van der Waals surface area contributed by atoms with Crippen molar-refractivity contribution in [2.24, 2.45) is 4.99 Å². The molecule has 0 atom stereocenters. The highest BCUT2D eigenvalue weighted by molar-refractivity contribution is 7.98. The lowest BCUT2D eigenvalue weighted by Gasteiger charge is -2.04. The van der Waals surface area contributed by atoms with Gasteiger partial charge in [0.1, 0.15) is 0 Å². The Balaban J connectivity index is 1.81. The second kappa shape index (κ2) is 8.44. The number of nitrogens with zero attached hydrogens (tertiary/aromatic N) is 2. The van der Waals surface area contributed by atoms with Crippen LogP contribution in [0.2, 0.25) is 0 Å². The first-order valence-electron chi connectivity index (χ1n) is 8.96. The number of benzene rings is 2. The summed E-state index contributed by atoms with van der Waals surface area (Å²) in [5.74, 6) is 0.347. The first kappa shape index (κ1) is 19.8. The maximum atomic E-state index is 12.9. The number of amides is 1. The van der Waals surface area contributed by atoms with Gasteiger partial charge in [0.25, 0.3) is 0 Å². The fraction of sp³-hybridized carbons (Fsp3) is 0.238.